The Morgan fingerprint density at radius 1 is 0.707 bits per heavy atom. The Hall–Kier alpha value is -4.38. The van der Waals surface area contributed by atoms with Crippen LogP contribution in [0.5, 0.6) is 40.2 Å². The van der Waals surface area contributed by atoms with Gasteiger partial charge in [-0.25, -0.2) is 4.39 Å². The molecule has 0 spiro atoms. The molecule has 0 bridgehead atoms. The highest BCUT2D eigenvalue weighted by Crippen LogP contribution is 2.45. The number of halogens is 2. The van der Waals surface area contributed by atoms with Crippen LogP contribution in [0, 0.1) is 5.82 Å². The van der Waals surface area contributed by atoms with Crippen LogP contribution in [0.1, 0.15) is 21.5 Å². The van der Waals surface area contributed by atoms with Crippen molar-refractivity contribution in [2.45, 2.75) is 0 Å². The van der Waals surface area contributed by atoms with Crippen molar-refractivity contribution < 1.29 is 42.3 Å². The lowest BCUT2D eigenvalue weighted by Gasteiger charge is -2.15. The van der Waals surface area contributed by atoms with Gasteiger partial charge in [0.05, 0.1) is 54.2 Å². The molecule has 0 atom stereocenters. The molecular formula is C30H31BrFNO8. The minimum absolute atomic E-state index is 0.0320. The van der Waals surface area contributed by atoms with Gasteiger partial charge in [-0.2, -0.15) is 0 Å². The third kappa shape index (κ3) is 6.86. The number of ether oxygens (including phenoxy) is 7. The summed E-state index contributed by atoms with van der Waals surface area (Å²) in [5, 5.41) is 3.04. The second kappa shape index (κ2) is 14.3. The van der Waals surface area contributed by atoms with E-state index in [-0.39, 0.29) is 17.1 Å². The van der Waals surface area contributed by atoms with E-state index in [0.29, 0.717) is 50.2 Å². The standard InChI is InChI=1S/C30H31BrFNO8/c1-35-23-16-21(33-11-10-22(34)19-15-26(38-4)29(40-6)30(41-7)27(19)31)18(14-20(23)32)9-8-17-12-24(36-2)28(39-5)25(13-17)37-3/h8-16,33H,1-7H3. The number of benzene rings is 3. The third-order valence-electron chi connectivity index (χ3n) is 5.97. The molecule has 0 aromatic heterocycles. The molecule has 0 fully saturated rings. The van der Waals surface area contributed by atoms with Crippen molar-refractivity contribution in [3.8, 4) is 40.2 Å². The fourth-order valence-electron chi connectivity index (χ4n) is 3.97. The Labute approximate surface area is 246 Å². The molecule has 0 aliphatic carbocycles. The molecule has 3 aromatic rings. The van der Waals surface area contributed by atoms with E-state index in [1.807, 2.05) is 0 Å². The summed E-state index contributed by atoms with van der Waals surface area (Å²) in [6.07, 6.45) is 6.24. The predicted molar refractivity (Wildman–Crippen MR) is 159 cm³/mol. The van der Waals surface area contributed by atoms with Gasteiger partial charge >= 0.3 is 0 Å². The van der Waals surface area contributed by atoms with Crippen molar-refractivity contribution >= 4 is 39.6 Å². The first-order valence-corrected chi connectivity index (χ1v) is 12.9. The summed E-state index contributed by atoms with van der Waals surface area (Å²) in [5.41, 5.74) is 1.99. The number of hydrogen-bond donors (Lipinski definition) is 1. The third-order valence-corrected chi connectivity index (χ3v) is 6.76. The fourth-order valence-corrected chi connectivity index (χ4v) is 4.62. The zero-order valence-electron chi connectivity index (χ0n) is 23.7. The maximum atomic E-state index is 14.7. The molecule has 0 heterocycles. The van der Waals surface area contributed by atoms with Crippen molar-refractivity contribution in [3.63, 3.8) is 0 Å². The van der Waals surface area contributed by atoms with E-state index in [2.05, 4.69) is 21.2 Å². The van der Waals surface area contributed by atoms with Crippen molar-refractivity contribution in [1.82, 2.24) is 0 Å². The van der Waals surface area contributed by atoms with Gasteiger partial charge in [-0.15, -0.1) is 0 Å². The highest BCUT2D eigenvalue weighted by atomic mass is 79.9. The zero-order valence-corrected chi connectivity index (χ0v) is 25.3. The van der Waals surface area contributed by atoms with E-state index in [9.17, 15) is 9.18 Å². The van der Waals surface area contributed by atoms with Crippen molar-refractivity contribution in [2.24, 2.45) is 0 Å². The SMILES string of the molecule is COc1cc(NC=CC(=O)c2cc(OC)c(OC)c(OC)c2Br)c(C=Cc2cc(OC)c(OC)c(OC)c2)cc1F. The summed E-state index contributed by atoms with van der Waals surface area (Å²) in [6, 6.07) is 7.89. The number of nitrogens with one attached hydrogen (secondary N) is 1. The van der Waals surface area contributed by atoms with Gasteiger partial charge in [0.2, 0.25) is 11.5 Å². The summed E-state index contributed by atoms with van der Waals surface area (Å²) in [4.78, 5) is 13.1. The van der Waals surface area contributed by atoms with Crippen molar-refractivity contribution in [1.29, 1.82) is 0 Å². The summed E-state index contributed by atoms with van der Waals surface area (Å²) < 4.78 is 52.5. The Morgan fingerprint density at radius 3 is 1.80 bits per heavy atom. The van der Waals surface area contributed by atoms with Crippen LogP contribution in [0.3, 0.4) is 0 Å². The lowest BCUT2D eigenvalue weighted by molar-refractivity contribution is 0.104. The van der Waals surface area contributed by atoms with Gasteiger partial charge in [0.25, 0.3) is 0 Å². The molecule has 3 aromatic carbocycles. The van der Waals surface area contributed by atoms with Crippen LogP contribution in [-0.4, -0.2) is 55.6 Å². The van der Waals surface area contributed by atoms with E-state index in [4.69, 9.17) is 33.2 Å². The molecule has 0 amide bonds. The summed E-state index contributed by atoms with van der Waals surface area (Å²) >= 11 is 3.42. The number of ketones is 1. The number of rotatable bonds is 13. The maximum absolute atomic E-state index is 14.7. The molecule has 0 saturated carbocycles. The second-order valence-corrected chi connectivity index (χ2v) is 9.01. The molecule has 0 unspecified atom stereocenters. The van der Waals surface area contributed by atoms with E-state index in [1.54, 1.807) is 30.4 Å². The monoisotopic (exact) mass is 631 g/mol. The number of hydrogen-bond acceptors (Lipinski definition) is 9. The van der Waals surface area contributed by atoms with Gasteiger partial charge in [0.15, 0.2) is 40.3 Å². The lowest BCUT2D eigenvalue weighted by atomic mass is 10.1. The van der Waals surface area contributed by atoms with Gasteiger partial charge in [-0.1, -0.05) is 12.2 Å². The molecular weight excluding hydrogens is 601 g/mol. The Kier molecular flexibility index (Phi) is 10.9. The van der Waals surface area contributed by atoms with Gasteiger partial charge in [-0.3, -0.25) is 4.79 Å². The molecule has 0 radical (unpaired) electrons. The molecule has 41 heavy (non-hydrogen) atoms. The van der Waals surface area contributed by atoms with E-state index in [0.717, 1.165) is 5.56 Å². The van der Waals surface area contributed by atoms with Gasteiger partial charge in [-0.05, 0) is 45.8 Å². The first-order valence-electron chi connectivity index (χ1n) is 12.1. The first kappa shape index (κ1) is 31.2. The molecule has 1 N–H and O–H groups in total. The Morgan fingerprint density at radius 2 is 1.27 bits per heavy atom. The Bertz CT molecular complexity index is 1450. The molecule has 218 valence electrons. The number of carbonyl (C=O) groups is 1. The minimum atomic E-state index is -0.552. The molecule has 11 heteroatoms. The normalized spacial score (nSPS) is 11.0. The number of carbonyl (C=O) groups excluding carboxylic acids is 1. The molecule has 3 rings (SSSR count). The smallest absolute Gasteiger partial charge is 0.204 e. The lowest BCUT2D eigenvalue weighted by Crippen LogP contribution is -2.03. The minimum Gasteiger partial charge on any atom is -0.494 e. The largest absolute Gasteiger partial charge is 0.494 e. The van der Waals surface area contributed by atoms with E-state index >= 15 is 0 Å². The topological polar surface area (TPSA) is 93.7 Å². The highest BCUT2D eigenvalue weighted by Gasteiger charge is 2.22. The number of methoxy groups -OCH3 is 7. The van der Waals surface area contributed by atoms with Crippen LogP contribution in [0.2, 0.25) is 0 Å². The van der Waals surface area contributed by atoms with Crippen LogP contribution in [0.15, 0.2) is 47.1 Å². The predicted octanol–water partition coefficient (Wildman–Crippen LogP) is 6.63. The van der Waals surface area contributed by atoms with Crippen molar-refractivity contribution in [2.75, 3.05) is 55.1 Å². The molecule has 9 nitrogen and oxygen atoms in total. The molecule has 0 saturated heterocycles. The molecule has 0 aliphatic heterocycles. The van der Waals surface area contributed by atoms with Crippen LogP contribution in [-0.2, 0) is 0 Å². The first-order chi connectivity index (χ1) is 19.8. The van der Waals surface area contributed by atoms with Crippen LogP contribution in [0.4, 0.5) is 10.1 Å². The average molecular weight is 632 g/mol. The van der Waals surface area contributed by atoms with E-state index < -0.39 is 5.82 Å². The van der Waals surface area contributed by atoms with Crippen LogP contribution < -0.4 is 38.5 Å². The Balaban J connectivity index is 1.95. The number of anilines is 1. The summed E-state index contributed by atoms with van der Waals surface area (Å²) in [5.74, 6) is 1.54. The number of allylic oxidation sites excluding steroid dienone is 1. The summed E-state index contributed by atoms with van der Waals surface area (Å²) in [7, 11) is 10.3. The highest BCUT2D eigenvalue weighted by molar-refractivity contribution is 9.10. The average Bonchev–Trinajstić information content (AvgIpc) is 2.99. The quantitative estimate of drug-likeness (QED) is 0.127. The zero-order chi connectivity index (χ0) is 30.1. The van der Waals surface area contributed by atoms with E-state index in [1.165, 1.54) is 74.2 Å². The molecule has 0 aliphatic rings. The van der Waals surface area contributed by atoms with Crippen LogP contribution >= 0.6 is 15.9 Å². The van der Waals surface area contributed by atoms with Gasteiger partial charge in [0, 0.05) is 35.2 Å². The fraction of sp³-hybridized carbons (Fsp3) is 0.233. The summed E-state index contributed by atoms with van der Waals surface area (Å²) in [6.45, 7) is 0. The van der Waals surface area contributed by atoms with Crippen molar-refractivity contribution in [3.05, 3.63) is 69.6 Å². The van der Waals surface area contributed by atoms with Gasteiger partial charge in [0.1, 0.15) is 0 Å². The van der Waals surface area contributed by atoms with Crippen LogP contribution in [0.25, 0.3) is 12.2 Å². The second-order valence-electron chi connectivity index (χ2n) is 8.21. The maximum Gasteiger partial charge on any atom is 0.204 e. The van der Waals surface area contributed by atoms with Gasteiger partial charge < -0.3 is 38.5 Å².